The van der Waals surface area contributed by atoms with E-state index in [0.29, 0.717) is 18.3 Å². The van der Waals surface area contributed by atoms with E-state index in [0.717, 1.165) is 33.3 Å². The van der Waals surface area contributed by atoms with Gasteiger partial charge in [0.2, 0.25) is 11.1 Å². The smallest absolute Gasteiger partial charge is 0.239 e. The average Bonchev–Trinajstić information content (AvgIpc) is 3.34. The van der Waals surface area contributed by atoms with Crippen molar-refractivity contribution in [3.8, 4) is 0 Å². The number of anilines is 1. The second kappa shape index (κ2) is 8.35. The van der Waals surface area contributed by atoms with E-state index in [1.54, 1.807) is 16.2 Å². The van der Waals surface area contributed by atoms with Crippen molar-refractivity contribution in [1.29, 1.82) is 0 Å². The van der Waals surface area contributed by atoms with E-state index in [9.17, 15) is 4.79 Å². The lowest BCUT2D eigenvalue weighted by Gasteiger charge is -2.22. The third-order valence-electron chi connectivity index (χ3n) is 4.84. The van der Waals surface area contributed by atoms with Crippen molar-refractivity contribution in [3.63, 3.8) is 0 Å². The first-order valence-corrected chi connectivity index (χ1v) is 11.1. The van der Waals surface area contributed by atoms with Crippen molar-refractivity contribution in [2.45, 2.75) is 50.2 Å². The highest BCUT2D eigenvalue weighted by molar-refractivity contribution is 7.99. The number of hydrogen-bond donors (Lipinski definition) is 0. The van der Waals surface area contributed by atoms with Crippen molar-refractivity contribution >= 4 is 44.4 Å². The lowest BCUT2D eigenvalue weighted by Crippen LogP contribution is -2.32. The molecule has 4 rings (SSSR count). The van der Waals surface area contributed by atoms with E-state index in [-0.39, 0.29) is 5.91 Å². The monoisotopic (exact) mass is 402 g/mol. The van der Waals surface area contributed by atoms with Crippen molar-refractivity contribution < 1.29 is 4.79 Å². The van der Waals surface area contributed by atoms with Crippen LogP contribution < -0.4 is 4.90 Å². The van der Waals surface area contributed by atoms with Crippen LogP contribution in [0.4, 0.5) is 5.13 Å². The number of tetrazole rings is 1. The summed E-state index contributed by atoms with van der Waals surface area (Å²) in [6, 6.07) is 8.31. The minimum Gasteiger partial charge on any atom is -0.288 e. The molecule has 0 spiro atoms. The molecule has 27 heavy (non-hydrogen) atoms. The molecule has 1 fully saturated rings. The highest BCUT2D eigenvalue weighted by Crippen LogP contribution is 2.31. The molecule has 0 unspecified atom stereocenters. The Morgan fingerprint density at radius 1 is 1.30 bits per heavy atom. The summed E-state index contributed by atoms with van der Waals surface area (Å²) in [4.78, 5) is 19.2. The van der Waals surface area contributed by atoms with Gasteiger partial charge >= 0.3 is 0 Å². The lowest BCUT2D eigenvalue weighted by atomic mass is 9.96. The molecular weight excluding hydrogens is 380 g/mol. The zero-order valence-corrected chi connectivity index (χ0v) is 16.9. The molecule has 1 aliphatic carbocycles. The van der Waals surface area contributed by atoms with Crippen LogP contribution in [-0.4, -0.2) is 43.4 Å². The van der Waals surface area contributed by atoms with Gasteiger partial charge < -0.3 is 0 Å². The van der Waals surface area contributed by atoms with E-state index in [2.05, 4.69) is 20.5 Å². The Morgan fingerprint density at radius 3 is 2.89 bits per heavy atom. The molecule has 9 heteroatoms. The Labute approximate surface area is 166 Å². The normalized spacial score (nSPS) is 15.3. The fourth-order valence-electron chi connectivity index (χ4n) is 3.43. The van der Waals surface area contributed by atoms with Gasteiger partial charge in [-0.25, -0.2) is 9.67 Å². The van der Waals surface area contributed by atoms with Gasteiger partial charge in [0, 0.05) is 6.54 Å². The number of para-hydroxylation sites is 1. The molecule has 1 amide bonds. The van der Waals surface area contributed by atoms with Crippen LogP contribution in [0.1, 0.15) is 45.1 Å². The number of nitrogens with zero attached hydrogens (tertiary/aromatic N) is 6. The highest BCUT2D eigenvalue weighted by atomic mass is 32.2. The zero-order chi connectivity index (χ0) is 18.6. The molecule has 2 heterocycles. The second-order valence-corrected chi connectivity index (χ2v) is 8.54. The topological polar surface area (TPSA) is 76.8 Å². The number of hydrogen-bond acceptors (Lipinski definition) is 7. The Hall–Kier alpha value is -2.00. The molecule has 3 aromatic rings. The lowest BCUT2D eigenvalue weighted by molar-refractivity contribution is -0.116. The van der Waals surface area contributed by atoms with Gasteiger partial charge in [-0.15, -0.1) is 5.10 Å². The largest absolute Gasteiger partial charge is 0.288 e. The summed E-state index contributed by atoms with van der Waals surface area (Å²) in [5.74, 6) is 0.330. The first-order chi connectivity index (χ1) is 13.3. The van der Waals surface area contributed by atoms with Gasteiger partial charge in [-0.05, 0) is 42.3 Å². The maximum Gasteiger partial charge on any atom is 0.239 e. The molecule has 0 radical (unpaired) electrons. The molecule has 0 N–H and O–H groups in total. The van der Waals surface area contributed by atoms with Crippen LogP contribution in [0, 0.1) is 0 Å². The van der Waals surface area contributed by atoms with Crippen molar-refractivity contribution in [2.75, 3.05) is 17.2 Å². The predicted molar refractivity (Wildman–Crippen MR) is 108 cm³/mol. The minimum absolute atomic E-state index is 0.0275. The van der Waals surface area contributed by atoms with Gasteiger partial charge in [0.25, 0.3) is 0 Å². The maximum atomic E-state index is 12.8. The molecule has 1 aromatic carbocycles. The Morgan fingerprint density at radius 2 is 2.11 bits per heavy atom. The average molecular weight is 403 g/mol. The zero-order valence-electron chi connectivity index (χ0n) is 15.2. The summed E-state index contributed by atoms with van der Waals surface area (Å²) in [6.07, 6.45) is 5.94. The van der Waals surface area contributed by atoms with E-state index in [1.807, 2.05) is 35.9 Å². The summed E-state index contributed by atoms with van der Waals surface area (Å²) < 4.78 is 3.00. The van der Waals surface area contributed by atoms with E-state index in [1.165, 1.54) is 31.0 Å². The van der Waals surface area contributed by atoms with Crippen molar-refractivity contribution in [2.24, 2.45) is 0 Å². The first-order valence-electron chi connectivity index (χ1n) is 9.33. The van der Waals surface area contributed by atoms with Crippen molar-refractivity contribution in [1.82, 2.24) is 25.2 Å². The number of carbonyl (C=O) groups is 1. The molecule has 142 valence electrons. The number of benzene rings is 1. The van der Waals surface area contributed by atoms with Gasteiger partial charge in [0.1, 0.15) is 0 Å². The molecule has 1 aliphatic rings. The fraction of sp³-hybridized carbons (Fsp3) is 0.500. The van der Waals surface area contributed by atoms with Gasteiger partial charge in [-0.3, -0.25) is 9.69 Å². The summed E-state index contributed by atoms with van der Waals surface area (Å²) in [5, 5.41) is 13.6. The Kier molecular flexibility index (Phi) is 5.68. The summed E-state index contributed by atoms with van der Waals surface area (Å²) in [7, 11) is 0. The number of amides is 1. The standard InChI is InChI=1S/C18H22N6OS2/c1-2-23(17-19-14-10-6-7-11-15(14)27-17)16(25)12-26-18-20-21-22-24(18)13-8-4-3-5-9-13/h6-7,10-11,13H,2-5,8-9,12H2,1H3. The van der Waals surface area contributed by atoms with Crippen LogP contribution in [0.15, 0.2) is 29.4 Å². The number of thiazole rings is 1. The Bertz CT molecular complexity index is 884. The van der Waals surface area contributed by atoms with Crippen LogP contribution >= 0.6 is 23.1 Å². The molecule has 2 aromatic heterocycles. The number of aromatic nitrogens is 5. The van der Waals surface area contributed by atoms with Crippen LogP contribution in [-0.2, 0) is 4.79 Å². The summed E-state index contributed by atoms with van der Waals surface area (Å²) in [5.41, 5.74) is 0.928. The van der Waals surface area contributed by atoms with Crippen LogP contribution in [0.5, 0.6) is 0 Å². The number of thioether (sulfide) groups is 1. The van der Waals surface area contributed by atoms with Crippen LogP contribution in [0.25, 0.3) is 10.2 Å². The minimum atomic E-state index is 0.0275. The molecule has 0 atom stereocenters. The molecule has 0 bridgehead atoms. The highest BCUT2D eigenvalue weighted by Gasteiger charge is 2.23. The summed E-state index contributed by atoms with van der Waals surface area (Å²) in [6.45, 7) is 2.56. The summed E-state index contributed by atoms with van der Waals surface area (Å²) >= 11 is 2.96. The first kappa shape index (κ1) is 18.4. The molecule has 1 saturated carbocycles. The number of fused-ring (bicyclic) bond motifs is 1. The van der Waals surface area contributed by atoms with E-state index in [4.69, 9.17) is 0 Å². The molecule has 0 saturated heterocycles. The van der Waals surface area contributed by atoms with Crippen LogP contribution in [0.2, 0.25) is 0 Å². The second-order valence-electron chi connectivity index (χ2n) is 6.59. The molecule has 7 nitrogen and oxygen atoms in total. The predicted octanol–water partition coefficient (Wildman–Crippen LogP) is 3.93. The van der Waals surface area contributed by atoms with Crippen LogP contribution in [0.3, 0.4) is 0 Å². The third kappa shape index (κ3) is 3.98. The van der Waals surface area contributed by atoms with Gasteiger partial charge in [-0.2, -0.15) is 0 Å². The fourth-order valence-corrected chi connectivity index (χ4v) is 5.30. The Balaban J connectivity index is 1.44. The van der Waals surface area contributed by atoms with E-state index < -0.39 is 0 Å². The molecule has 0 aliphatic heterocycles. The van der Waals surface area contributed by atoms with Gasteiger partial charge in [0.05, 0.1) is 22.0 Å². The van der Waals surface area contributed by atoms with Gasteiger partial charge in [-0.1, -0.05) is 54.5 Å². The van der Waals surface area contributed by atoms with E-state index >= 15 is 0 Å². The maximum absolute atomic E-state index is 12.8. The van der Waals surface area contributed by atoms with Crippen molar-refractivity contribution in [3.05, 3.63) is 24.3 Å². The number of rotatable bonds is 6. The van der Waals surface area contributed by atoms with Gasteiger partial charge in [0.15, 0.2) is 5.13 Å². The quantitative estimate of drug-likeness (QED) is 0.581. The molecular formula is C18H22N6OS2. The SMILES string of the molecule is CCN(C(=O)CSc1nnnn1C1CCCCC1)c1nc2ccccc2s1. The number of carbonyl (C=O) groups excluding carboxylic acids is 1. The third-order valence-corrected chi connectivity index (χ3v) is 6.82.